The number of aliphatic hydroxyl groups excluding tert-OH is 1. The van der Waals surface area contributed by atoms with Gasteiger partial charge < -0.3 is 43.7 Å². The highest BCUT2D eigenvalue weighted by molar-refractivity contribution is 5.97. The Morgan fingerprint density at radius 2 is 1.68 bits per heavy atom. The minimum absolute atomic E-state index is 0.0144. The third-order valence-electron chi connectivity index (χ3n) is 13.9. The molecule has 17 heteroatoms. The first-order chi connectivity index (χ1) is 29.9. The number of hydroxylamine groups is 2. The third-order valence-corrected chi connectivity index (χ3v) is 13.9. The van der Waals surface area contributed by atoms with E-state index in [0.717, 1.165) is 31.2 Å². The van der Waals surface area contributed by atoms with Crippen LogP contribution in [-0.4, -0.2) is 131 Å². The molecule has 342 valence electrons. The molecule has 17 nitrogen and oxygen atoms in total. The molecule has 5 aliphatic heterocycles. The first-order valence-electron chi connectivity index (χ1n) is 22.5. The molecule has 2 N–H and O–H groups in total. The van der Waals surface area contributed by atoms with Crippen molar-refractivity contribution >= 4 is 41.8 Å². The van der Waals surface area contributed by atoms with Crippen LogP contribution in [0.15, 0.2) is 30.3 Å². The molecule has 0 spiro atoms. The minimum Gasteiger partial charge on any atom is -0.462 e. The minimum atomic E-state index is -1.48. The van der Waals surface area contributed by atoms with E-state index in [0.29, 0.717) is 18.4 Å². The van der Waals surface area contributed by atoms with Gasteiger partial charge in [-0.1, -0.05) is 38.1 Å². The van der Waals surface area contributed by atoms with Gasteiger partial charge in [0.2, 0.25) is 17.9 Å². The number of ether oxygens (including phenoxy) is 6. The van der Waals surface area contributed by atoms with Crippen molar-refractivity contribution in [3.05, 3.63) is 41.5 Å². The second-order valence-electron chi connectivity index (χ2n) is 20.3. The zero-order valence-electron chi connectivity index (χ0n) is 36.6. The molecule has 8 aliphatic rings. The molecule has 3 aliphatic carbocycles. The van der Waals surface area contributed by atoms with Gasteiger partial charge in [0, 0.05) is 42.7 Å². The number of nitrogens with one attached hydrogen (secondary N) is 1. The molecular formula is C46H59N3O14. The number of cyclic esters (lactones) is 1. The fourth-order valence-electron chi connectivity index (χ4n) is 10.6. The predicted octanol–water partition coefficient (Wildman–Crippen LogP) is 2.88. The van der Waals surface area contributed by atoms with Crippen molar-refractivity contribution < 1.29 is 67.1 Å². The highest BCUT2D eigenvalue weighted by Crippen LogP contribution is 2.64. The van der Waals surface area contributed by atoms with Gasteiger partial charge in [-0.3, -0.25) is 24.0 Å². The first kappa shape index (κ1) is 43.8. The quantitative estimate of drug-likeness (QED) is 0.157. The standard InChI is InChI=1S/C46H59N3O14/c1-43(2,3)60-33(52)19-17-29(23-50)47-39(53)30-7-6-20-48(30)42(56)45-21-31-34-35(62-46(61-34,27-13-14-27)28-15-16-28)37(45)63-49(36(45)40(54)58-31)22-26-10-8-25(9-11-26)12-18-32(51)59-38-41(55)57-24-44(38,4)5/h8-12,18,27-31,34-38,50H,6-7,13-17,19-24H2,1-5H3,(H,47,53)/t29-,30+,31+,34-,35-,36-,37+,38-,45-/m0/s1. The third kappa shape index (κ3) is 8.17. The van der Waals surface area contributed by atoms with Crippen molar-refractivity contribution in [3.8, 4) is 0 Å². The smallest absolute Gasteiger partial charge is 0.348 e. The van der Waals surface area contributed by atoms with Crippen molar-refractivity contribution in [2.75, 3.05) is 19.8 Å². The molecule has 0 unspecified atom stereocenters. The molecule has 2 amide bonds. The van der Waals surface area contributed by atoms with Crippen LogP contribution < -0.4 is 5.32 Å². The summed E-state index contributed by atoms with van der Waals surface area (Å²) in [6.45, 7) is 8.99. The fourth-order valence-corrected chi connectivity index (χ4v) is 10.6. The maximum atomic E-state index is 15.5. The molecule has 1 aromatic carbocycles. The molecule has 9 rings (SSSR count). The number of esters is 4. The van der Waals surface area contributed by atoms with Crippen LogP contribution in [0.5, 0.6) is 0 Å². The van der Waals surface area contributed by atoms with E-state index in [2.05, 4.69) is 5.32 Å². The Morgan fingerprint density at radius 1 is 0.984 bits per heavy atom. The number of fused-ring (bicyclic) bond motifs is 4. The molecule has 8 fully saturated rings. The first-order valence-corrected chi connectivity index (χ1v) is 22.5. The van der Waals surface area contributed by atoms with Crippen LogP contribution >= 0.6 is 0 Å². The largest absolute Gasteiger partial charge is 0.462 e. The number of aliphatic hydroxyl groups is 1. The van der Waals surface area contributed by atoms with Crippen molar-refractivity contribution in [3.63, 3.8) is 0 Å². The van der Waals surface area contributed by atoms with Crippen LogP contribution in [0.1, 0.15) is 104 Å². The Bertz CT molecular complexity index is 2030. The Kier molecular flexibility index (Phi) is 11.3. The van der Waals surface area contributed by atoms with E-state index >= 15 is 4.79 Å². The Labute approximate surface area is 366 Å². The second-order valence-corrected chi connectivity index (χ2v) is 20.3. The summed E-state index contributed by atoms with van der Waals surface area (Å²) in [5.74, 6) is -3.60. The van der Waals surface area contributed by atoms with E-state index in [1.807, 2.05) is 12.1 Å². The molecule has 2 bridgehead atoms. The predicted molar refractivity (Wildman–Crippen MR) is 218 cm³/mol. The molecule has 5 heterocycles. The molecule has 63 heavy (non-hydrogen) atoms. The molecule has 5 saturated heterocycles. The lowest BCUT2D eigenvalue weighted by atomic mass is 9.62. The van der Waals surface area contributed by atoms with E-state index in [4.69, 9.17) is 33.3 Å². The number of nitrogens with zero attached hydrogens (tertiary/aromatic N) is 2. The lowest BCUT2D eigenvalue weighted by molar-refractivity contribution is -0.235. The van der Waals surface area contributed by atoms with Crippen molar-refractivity contribution in [2.45, 2.75) is 159 Å². The van der Waals surface area contributed by atoms with Gasteiger partial charge >= 0.3 is 23.9 Å². The Balaban J connectivity index is 0.952. The Hall–Kier alpha value is -4.42. The van der Waals surface area contributed by atoms with Gasteiger partial charge in [0.25, 0.3) is 0 Å². The molecular weight excluding hydrogens is 819 g/mol. The van der Waals surface area contributed by atoms with Crippen LogP contribution in [-0.2, 0) is 68.6 Å². The summed E-state index contributed by atoms with van der Waals surface area (Å²) in [6.07, 6.45) is 3.76. The number of likely N-dealkylation sites (tertiary alicyclic amines) is 1. The summed E-state index contributed by atoms with van der Waals surface area (Å²) in [5, 5.41) is 14.6. The number of hydrogen-bond acceptors (Lipinski definition) is 15. The molecule has 1 aromatic rings. The van der Waals surface area contributed by atoms with E-state index in [9.17, 15) is 29.1 Å². The number of carbonyl (C=O) groups excluding carboxylic acids is 6. The van der Waals surface area contributed by atoms with Gasteiger partial charge in [0.1, 0.15) is 48.1 Å². The highest BCUT2D eigenvalue weighted by Gasteiger charge is 2.78. The number of carbonyl (C=O) groups is 6. The lowest BCUT2D eigenvalue weighted by Gasteiger charge is -2.50. The molecule has 3 saturated carbocycles. The maximum Gasteiger partial charge on any atom is 0.348 e. The van der Waals surface area contributed by atoms with Gasteiger partial charge in [0.15, 0.2) is 11.8 Å². The highest BCUT2D eigenvalue weighted by atomic mass is 16.8. The van der Waals surface area contributed by atoms with E-state index in [-0.39, 0.29) is 50.8 Å². The molecule has 9 atom stereocenters. The van der Waals surface area contributed by atoms with Gasteiger partial charge in [0.05, 0.1) is 19.2 Å². The van der Waals surface area contributed by atoms with Crippen LogP contribution in [0.2, 0.25) is 0 Å². The van der Waals surface area contributed by atoms with Crippen LogP contribution in [0.25, 0.3) is 6.08 Å². The van der Waals surface area contributed by atoms with Gasteiger partial charge in [-0.15, -0.1) is 0 Å². The summed E-state index contributed by atoms with van der Waals surface area (Å²) in [6, 6.07) is 4.42. The SMILES string of the molecule is CC(C)(C)OC(=O)CC[C@@H](CO)NC(=O)[C@H]1CCCN1C(=O)[C@@]12C[C@H]3OC(=O)[C@@H]1N(Cc1ccc(C=CC(=O)O[C@H]4C(=O)OCC4(C)C)cc1)O[C@@H]2[C@H]1OC(C2CC2)(C2CC2)O[C@H]13. The van der Waals surface area contributed by atoms with E-state index in [1.54, 1.807) is 57.7 Å². The van der Waals surface area contributed by atoms with Gasteiger partial charge in [-0.2, -0.15) is 5.06 Å². The number of benzene rings is 1. The lowest BCUT2D eigenvalue weighted by Crippen LogP contribution is -2.70. The number of amides is 2. The van der Waals surface area contributed by atoms with Crippen LogP contribution in [0, 0.1) is 22.7 Å². The normalized spacial score (nSPS) is 33.4. The maximum absolute atomic E-state index is 15.5. The zero-order valence-corrected chi connectivity index (χ0v) is 36.6. The average Bonchev–Trinajstić information content (AvgIpc) is 4.13. The molecule has 0 aromatic heterocycles. The number of rotatable bonds is 14. The zero-order chi connectivity index (χ0) is 44.6. The topological polar surface area (TPSA) is 206 Å². The summed E-state index contributed by atoms with van der Waals surface area (Å²) < 4.78 is 36.0. The number of hydrogen-bond donors (Lipinski definition) is 2. The summed E-state index contributed by atoms with van der Waals surface area (Å²) >= 11 is 0. The van der Waals surface area contributed by atoms with E-state index in [1.165, 1.54) is 11.1 Å². The van der Waals surface area contributed by atoms with Crippen molar-refractivity contribution in [1.29, 1.82) is 0 Å². The van der Waals surface area contributed by atoms with Gasteiger partial charge in [-0.25, -0.2) is 9.59 Å². The van der Waals surface area contributed by atoms with E-state index < -0.39 is 113 Å². The summed E-state index contributed by atoms with van der Waals surface area (Å²) in [5.41, 5.74) is -1.38. The molecule has 0 radical (unpaired) electrons. The summed E-state index contributed by atoms with van der Waals surface area (Å²) in [7, 11) is 0. The van der Waals surface area contributed by atoms with Gasteiger partial charge in [-0.05, 0) is 82.9 Å². The van der Waals surface area contributed by atoms with Crippen molar-refractivity contribution in [2.24, 2.45) is 22.7 Å². The fraction of sp³-hybridized carbons (Fsp3) is 0.696. The summed E-state index contributed by atoms with van der Waals surface area (Å²) in [4.78, 5) is 89.4. The second kappa shape index (κ2) is 16.2. The van der Waals surface area contributed by atoms with Crippen LogP contribution in [0.4, 0.5) is 0 Å². The average molecular weight is 878 g/mol. The van der Waals surface area contributed by atoms with Crippen LogP contribution in [0.3, 0.4) is 0 Å². The Morgan fingerprint density at radius 3 is 2.32 bits per heavy atom. The van der Waals surface area contributed by atoms with Crippen molar-refractivity contribution in [1.82, 2.24) is 15.3 Å². The monoisotopic (exact) mass is 877 g/mol.